The highest BCUT2D eigenvalue weighted by Crippen LogP contribution is 2.33. The number of rotatable bonds is 15. The molecule has 63 heavy (non-hydrogen) atoms. The third kappa shape index (κ3) is 11.7. The van der Waals surface area contributed by atoms with Crippen molar-refractivity contribution in [2.45, 2.75) is 106 Å². The molecule has 0 spiro atoms. The number of hydrogen-bond donors (Lipinski definition) is 2. The number of pyridine rings is 4. The third-order valence-electron chi connectivity index (χ3n) is 10.7. The predicted octanol–water partition coefficient (Wildman–Crippen LogP) is 8.15. The molecular weight excluding hydrogens is 801 g/mol. The first-order valence-electron chi connectivity index (χ1n) is 21.5. The molecule has 0 saturated carbocycles. The number of aromatic nitrogens is 4. The van der Waals surface area contributed by atoms with Gasteiger partial charge in [-0.3, -0.25) is 19.6 Å². The van der Waals surface area contributed by atoms with E-state index < -0.39 is 11.7 Å². The molecule has 4 aromatic heterocycles. The minimum Gasteiger partial charge on any atom is -0.492 e. The lowest BCUT2D eigenvalue weighted by atomic mass is 10.0. The summed E-state index contributed by atoms with van der Waals surface area (Å²) < 4.78 is 31.9. The maximum absolute atomic E-state index is 13.1. The Hall–Kier alpha value is -5.57. The number of amides is 1. The third-order valence-corrected chi connectivity index (χ3v) is 10.7. The van der Waals surface area contributed by atoms with Crippen LogP contribution in [0.5, 0.6) is 11.5 Å². The van der Waals surface area contributed by atoms with Gasteiger partial charge in [-0.25, -0.2) is 4.79 Å². The van der Waals surface area contributed by atoms with Crippen LogP contribution < -0.4 is 31.6 Å². The van der Waals surface area contributed by atoms with E-state index in [0.29, 0.717) is 59.6 Å². The van der Waals surface area contributed by atoms with Crippen LogP contribution in [0.4, 0.5) is 4.79 Å². The Morgan fingerprint density at radius 2 is 1.16 bits per heavy atom. The van der Waals surface area contributed by atoms with Gasteiger partial charge in [-0.2, -0.15) is 0 Å². The molecule has 14 nitrogen and oxygen atoms in total. The molecule has 0 unspecified atom stereocenters. The molecule has 1 amide bonds. The van der Waals surface area contributed by atoms with Gasteiger partial charge in [-0.15, -0.1) is 0 Å². The van der Waals surface area contributed by atoms with E-state index >= 15 is 0 Å². The first-order valence-corrected chi connectivity index (χ1v) is 21.5. The Morgan fingerprint density at radius 1 is 0.714 bits per heavy atom. The number of aryl methyl sites for hydroxylation is 4. The molecule has 2 atom stereocenters. The molecule has 0 saturated heterocycles. The van der Waals surface area contributed by atoms with Gasteiger partial charge in [0, 0.05) is 80.8 Å². The van der Waals surface area contributed by atoms with Crippen molar-refractivity contribution in [3.05, 3.63) is 92.0 Å². The van der Waals surface area contributed by atoms with Crippen LogP contribution in [0.3, 0.4) is 0 Å². The van der Waals surface area contributed by atoms with Crippen LogP contribution >= 0.6 is 0 Å². The van der Waals surface area contributed by atoms with Crippen LogP contribution in [0.15, 0.2) is 58.4 Å². The smallest absolute Gasteiger partial charge is 0.407 e. The lowest BCUT2D eigenvalue weighted by Gasteiger charge is -2.25. The van der Waals surface area contributed by atoms with Gasteiger partial charge in [0.05, 0.1) is 52.4 Å². The van der Waals surface area contributed by atoms with E-state index in [2.05, 4.69) is 43.0 Å². The summed E-state index contributed by atoms with van der Waals surface area (Å²) in [4.78, 5) is 47.0. The number of carbonyl (C=O) groups excluding carboxylic acids is 1. The van der Waals surface area contributed by atoms with E-state index in [-0.39, 0.29) is 29.8 Å². The largest absolute Gasteiger partial charge is 0.492 e. The van der Waals surface area contributed by atoms with Crippen molar-refractivity contribution in [2.75, 3.05) is 27.4 Å². The number of methoxy groups -OCH3 is 2. The monoisotopic (exact) mass is 866 g/mol. The minimum atomic E-state index is -0.585. The molecule has 3 N–H and O–H groups in total. The number of hydrogen-bond acceptors (Lipinski definition) is 11. The summed E-state index contributed by atoms with van der Waals surface area (Å²) in [7, 11) is 6.82. The first-order chi connectivity index (χ1) is 29.7. The molecule has 0 aliphatic rings. The zero-order valence-electron chi connectivity index (χ0n) is 39.3. The Balaban J connectivity index is 0.000000243. The molecule has 0 radical (unpaired) electrons. The fourth-order valence-electron chi connectivity index (χ4n) is 7.97. The summed E-state index contributed by atoms with van der Waals surface area (Å²) in [5, 5.41) is 7.84. The Kier molecular flexibility index (Phi) is 16.0. The average molecular weight is 867 g/mol. The van der Waals surface area contributed by atoms with Gasteiger partial charge >= 0.3 is 6.09 Å². The van der Waals surface area contributed by atoms with Crippen molar-refractivity contribution < 1.29 is 28.5 Å². The predicted molar refractivity (Wildman–Crippen MR) is 251 cm³/mol. The van der Waals surface area contributed by atoms with Crippen molar-refractivity contribution in [3.63, 3.8) is 0 Å². The second-order valence-electron chi connectivity index (χ2n) is 18.2. The van der Waals surface area contributed by atoms with Crippen LogP contribution in [0.1, 0.15) is 83.8 Å². The Labute approximate surface area is 370 Å². The van der Waals surface area contributed by atoms with E-state index in [1.54, 1.807) is 49.8 Å². The molecule has 6 aromatic rings. The number of nitrogens with two attached hydrogens (primary N) is 1. The average Bonchev–Trinajstić information content (AvgIpc) is 3.19. The van der Waals surface area contributed by atoms with E-state index in [1.807, 2.05) is 71.0 Å². The molecule has 2 aromatic carbocycles. The van der Waals surface area contributed by atoms with Gasteiger partial charge in [0.1, 0.15) is 30.3 Å². The summed E-state index contributed by atoms with van der Waals surface area (Å²) in [6.07, 6.45) is 4.60. The zero-order chi connectivity index (χ0) is 46.3. The van der Waals surface area contributed by atoms with Crippen LogP contribution in [-0.2, 0) is 41.5 Å². The Morgan fingerprint density at radius 3 is 1.57 bits per heavy atom. The van der Waals surface area contributed by atoms with Crippen molar-refractivity contribution >= 4 is 49.4 Å². The number of carbonyl (C=O) groups is 1. The van der Waals surface area contributed by atoms with Crippen molar-refractivity contribution in [2.24, 2.45) is 31.7 Å². The number of nitrogens with zero attached hydrogens (tertiary/aromatic N) is 4. The highest BCUT2D eigenvalue weighted by Gasteiger charge is 2.23. The topological polar surface area (TPSA) is 171 Å². The van der Waals surface area contributed by atoms with E-state index in [1.165, 1.54) is 0 Å². The molecular formula is C49H66N6O8. The van der Waals surface area contributed by atoms with Gasteiger partial charge < -0.3 is 43.9 Å². The molecule has 14 heteroatoms. The van der Waals surface area contributed by atoms with Crippen LogP contribution in [0.2, 0.25) is 0 Å². The van der Waals surface area contributed by atoms with Crippen molar-refractivity contribution in [1.29, 1.82) is 0 Å². The van der Waals surface area contributed by atoms with Gasteiger partial charge in [0.2, 0.25) is 0 Å². The molecule has 0 bridgehead atoms. The quantitative estimate of drug-likeness (QED) is 0.0955. The summed E-state index contributed by atoms with van der Waals surface area (Å²) in [5.74, 6) is 2.17. The maximum atomic E-state index is 13.1. The SMILES string of the molecule is COCc1cc2c3ccnc(C)c3c(=O)n(C)c2cc1OC[C@@H](N)CC(C)C.COCc1cc2c3ccnc(C)c3c(=O)n(C)c2cc1OC[C@H](CC(C)C)NC(=O)OC(C)(C)C. The van der Waals surface area contributed by atoms with Gasteiger partial charge in [-0.1, -0.05) is 27.7 Å². The van der Waals surface area contributed by atoms with Crippen molar-refractivity contribution in [1.82, 2.24) is 24.4 Å². The van der Waals surface area contributed by atoms with Gasteiger partial charge in [0.25, 0.3) is 11.1 Å². The lowest BCUT2D eigenvalue weighted by molar-refractivity contribution is 0.0479. The highest BCUT2D eigenvalue weighted by molar-refractivity contribution is 6.08. The standard InChI is InChI=1S/C27H37N3O5.C22H29N3O3/c1-16(2)11-19(29-26(32)35-27(4,5)6)15-34-23-13-22-21(12-18(23)14-33-8)20-9-10-28-17(3)24(20)25(31)30(22)7;1-13(2)8-16(23)12-28-20-10-19-18(9-15(20)11-27-5)17-6-7-24-14(3)21(17)22(26)25(19)4/h9-10,12-13,16,19H,11,14-15H2,1-8H3,(H,29,32);6-7,9-10,13,16H,8,11-12,23H2,1-5H3/t19-;16-/m00/s1. The minimum absolute atomic E-state index is 0.0414. The summed E-state index contributed by atoms with van der Waals surface area (Å²) in [6, 6.07) is 11.3. The Bertz CT molecular complexity index is 2700. The van der Waals surface area contributed by atoms with E-state index in [0.717, 1.165) is 62.2 Å². The van der Waals surface area contributed by atoms with E-state index in [9.17, 15) is 14.4 Å². The molecule has 4 heterocycles. The fourth-order valence-corrected chi connectivity index (χ4v) is 7.97. The molecule has 0 fully saturated rings. The van der Waals surface area contributed by atoms with Gasteiger partial charge in [-0.05, 0) is 94.3 Å². The number of ether oxygens (including phenoxy) is 5. The van der Waals surface area contributed by atoms with Crippen molar-refractivity contribution in [3.8, 4) is 11.5 Å². The lowest BCUT2D eigenvalue weighted by Crippen LogP contribution is -2.42. The number of fused-ring (bicyclic) bond motifs is 6. The normalized spacial score (nSPS) is 12.8. The number of benzene rings is 2. The zero-order valence-corrected chi connectivity index (χ0v) is 39.3. The number of alkyl carbamates (subject to hydrolysis) is 1. The summed E-state index contributed by atoms with van der Waals surface area (Å²) in [6.45, 7) is 19.1. The molecule has 0 aliphatic heterocycles. The number of nitrogens with one attached hydrogen (secondary N) is 1. The second-order valence-corrected chi connectivity index (χ2v) is 18.2. The first kappa shape index (κ1) is 48.5. The molecule has 6 rings (SSSR count). The summed E-state index contributed by atoms with van der Waals surface area (Å²) >= 11 is 0. The molecule has 340 valence electrons. The second kappa shape index (κ2) is 20.7. The van der Waals surface area contributed by atoms with Crippen LogP contribution in [-0.4, -0.2) is 70.3 Å². The van der Waals surface area contributed by atoms with Crippen LogP contribution in [0.25, 0.3) is 43.4 Å². The fraction of sp³-hybridized carbons (Fsp3) is 0.490. The van der Waals surface area contributed by atoms with Gasteiger partial charge in [0.15, 0.2) is 0 Å². The molecule has 0 aliphatic carbocycles. The van der Waals surface area contributed by atoms with E-state index in [4.69, 9.17) is 29.4 Å². The highest BCUT2D eigenvalue weighted by atomic mass is 16.6. The maximum Gasteiger partial charge on any atom is 0.407 e. The van der Waals surface area contributed by atoms with Crippen LogP contribution in [0, 0.1) is 25.7 Å². The summed E-state index contributed by atoms with van der Waals surface area (Å²) in [5.41, 5.74) is 10.2.